The van der Waals surface area contributed by atoms with Crippen molar-refractivity contribution in [2.45, 2.75) is 174 Å². The molecule has 0 aliphatic carbocycles. The molecule has 79 heavy (non-hydrogen) atoms. The summed E-state index contributed by atoms with van der Waals surface area (Å²) in [6.45, 7) is 3.21. The van der Waals surface area contributed by atoms with Gasteiger partial charge in [-0.1, -0.05) is 135 Å². The normalized spacial score (nSPS) is 12.0. The van der Waals surface area contributed by atoms with E-state index >= 15 is 35.1 Å². The van der Waals surface area contributed by atoms with Gasteiger partial charge in [-0.3, -0.25) is 0 Å². The lowest BCUT2D eigenvalue weighted by Gasteiger charge is -2.44. The molecule has 26 heteroatoms. The van der Waals surface area contributed by atoms with Crippen molar-refractivity contribution in [1.29, 1.82) is 0 Å². The molecular formula is C53H58BF23OS. The second-order valence-corrected chi connectivity index (χ2v) is 19.9. The average Bonchev–Trinajstić information content (AvgIpc) is 3.37. The molecule has 0 aliphatic heterocycles. The first-order valence-corrected chi connectivity index (χ1v) is 26.8. The topological polar surface area (TPSA) is 9.23 Å². The predicted octanol–water partition coefficient (Wildman–Crippen LogP) is 16.9. The maximum Gasteiger partial charge on any atom is 0.389 e. The van der Waals surface area contributed by atoms with E-state index in [2.05, 4.69) is 6.92 Å². The van der Waals surface area contributed by atoms with Crippen LogP contribution < -0.4 is 21.9 Å². The van der Waals surface area contributed by atoms with Gasteiger partial charge in [0.05, 0.1) is 0 Å². The maximum atomic E-state index is 15.4. The Kier molecular flexibility index (Phi) is 28.7. The molecule has 0 aromatic heterocycles. The second kappa shape index (κ2) is 32.9. The van der Waals surface area contributed by atoms with E-state index in [0.717, 1.165) is 25.9 Å². The third kappa shape index (κ3) is 17.6. The van der Waals surface area contributed by atoms with Gasteiger partial charge in [-0.25, -0.2) is 87.8 Å². The number of alkyl halides is 3. The van der Waals surface area contributed by atoms with Crippen LogP contribution in [0.25, 0.3) is 0 Å². The van der Waals surface area contributed by atoms with Crippen molar-refractivity contribution in [2.24, 2.45) is 0 Å². The summed E-state index contributed by atoms with van der Waals surface area (Å²) in [5.41, 5.74) is -14.3. The highest BCUT2D eigenvalue weighted by Crippen LogP contribution is 2.31. The SMILES string of the molecule is CCCCCCCCCC[SH+]OCCCCCCCCCCCCCCCCCCC(F)(F)F.Fc1c(F)c(F)c([B-](c2c(F)c(F)c(F)c(F)c2F)(c2c(F)c(F)c(F)c(F)c2F)c2c(F)c(F)c(F)c(F)c2F)c(F)c1F. The molecule has 1 nitrogen and oxygen atoms in total. The van der Waals surface area contributed by atoms with Crippen molar-refractivity contribution < 1.29 is 105 Å². The Hall–Kier alpha value is -4.36. The van der Waals surface area contributed by atoms with Crippen LogP contribution in [0.15, 0.2) is 0 Å². The first-order chi connectivity index (χ1) is 37.3. The van der Waals surface area contributed by atoms with Gasteiger partial charge in [0.1, 0.15) is 77.1 Å². The summed E-state index contributed by atoms with van der Waals surface area (Å²) in [5, 5.41) is 0. The standard InChI is InChI=1S/C29H57F3OS.C24BF20/c1-2-3-4-5-6-19-22-25-28-34-33-27-24-21-18-16-14-12-10-8-7-9-11-13-15-17-20-23-26-29(30,31)32;26-5-1(6(27)14(35)21(42)13(5)34)25(2-7(28)15(36)22(43)16(37)8(2)29,3-9(30)17(38)23(44)18(39)10(3)31)4-11(32)19(40)24(45)20(41)12(4)33/h2-28H2,1H3;/q;-1/p+1. The Morgan fingerprint density at radius 2 is 0.481 bits per heavy atom. The monoisotopic (exact) mass is 1190 g/mol. The molecule has 0 radical (unpaired) electrons. The van der Waals surface area contributed by atoms with Gasteiger partial charge in [-0.2, -0.15) is 17.4 Å². The zero-order valence-electron chi connectivity index (χ0n) is 42.7. The van der Waals surface area contributed by atoms with E-state index in [-0.39, 0.29) is 0 Å². The molecule has 0 atom stereocenters. The first kappa shape index (κ1) is 68.9. The zero-order chi connectivity index (χ0) is 59.4. The molecule has 0 saturated carbocycles. The van der Waals surface area contributed by atoms with E-state index in [1.165, 1.54) is 146 Å². The minimum atomic E-state index is -7.22. The number of unbranched alkanes of at least 4 members (excludes halogenated alkanes) is 22. The van der Waals surface area contributed by atoms with Gasteiger partial charge in [0.25, 0.3) is 0 Å². The van der Waals surface area contributed by atoms with Crippen LogP contribution in [0.3, 0.4) is 0 Å². The number of hydrogen-bond acceptors (Lipinski definition) is 1. The molecule has 0 spiro atoms. The molecular weight excluding hydrogens is 1130 g/mol. The fourth-order valence-electron chi connectivity index (χ4n) is 9.28. The third-order valence-corrected chi connectivity index (χ3v) is 14.2. The van der Waals surface area contributed by atoms with Gasteiger partial charge in [0, 0.05) is 6.42 Å². The third-order valence-electron chi connectivity index (χ3n) is 13.3. The van der Waals surface area contributed by atoms with E-state index in [9.17, 15) is 65.9 Å². The van der Waals surface area contributed by atoms with Crippen LogP contribution >= 0.6 is 0 Å². The van der Waals surface area contributed by atoms with Crippen LogP contribution in [0.5, 0.6) is 0 Å². The smallest absolute Gasteiger partial charge is 0.207 e. The summed E-state index contributed by atoms with van der Waals surface area (Å²) in [6, 6.07) is 0. The Balaban J connectivity index is 0.000000434. The molecule has 0 unspecified atom stereocenters. The minimum Gasteiger partial charge on any atom is -0.207 e. The summed E-state index contributed by atoms with van der Waals surface area (Å²) in [4.78, 5) is 0. The molecule has 0 heterocycles. The Labute approximate surface area is 446 Å². The largest absolute Gasteiger partial charge is 0.389 e. The van der Waals surface area contributed by atoms with Gasteiger partial charge in [0.15, 0.2) is 69.8 Å². The fourth-order valence-corrected chi connectivity index (χ4v) is 10.0. The van der Waals surface area contributed by atoms with Gasteiger partial charge in [0.2, 0.25) is 0 Å². The Morgan fingerprint density at radius 1 is 0.278 bits per heavy atom. The van der Waals surface area contributed by atoms with Crippen LogP contribution in [0.4, 0.5) is 101 Å². The van der Waals surface area contributed by atoms with Gasteiger partial charge < -0.3 is 0 Å². The molecule has 0 amide bonds. The van der Waals surface area contributed by atoms with E-state index in [4.69, 9.17) is 4.18 Å². The molecule has 0 fully saturated rings. The molecule has 446 valence electrons. The van der Waals surface area contributed by atoms with Crippen molar-refractivity contribution in [3.63, 3.8) is 0 Å². The highest BCUT2D eigenvalue weighted by molar-refractivity contribution is 7.73. The Morgan fingerprint density at radius 3 is 0.722 bits per heavy atom. The lowest BCUT2D eigenvalue weighted by molar-refractivity contribution is -0.135. The minimum absolute atomic E-state index is 0.302. The van der Waals surface area contributed by atoms with Crippen molar-refractivity contribution in [2.75, 3.05) is 12.4 Å². The van der Waals surface area contributed by atoms with Crippen LogP contribution in [-0.4, -0.2) is 24.7 Å². The summed E-state index contributed by atoms with van der Waals surface area (Å²) in [5.74, 6) is -70.2. The molecule has 4 rings (SSSR count). The molecule has 0 aliphatic rings. The molecule has 4 aromatic carbocycles. The van der Waals surface area contributed by atoms with E-state index < -0.39 is 157 Å². The summed E-state index contributed by atoms with van der Waals surface area (Å²) >= 11 is 1.20. The number of rotatable bonds is 32. The second-order valence-electron chi connectivity index (χ2n) is 19.0. The average molecular weight is 1190 g/mol. The number of hydrogen-bond donors (Lipinski definition) is 0. The van der Waals surface area contributed by atoms with E-state index in [1.54, 1.807) is 0 Å². The summed E-state index contributed by atoms with van der Waals surface area (Å²) < 4.78 is 336. The van der Waals surface area contributed by atoms with Crippen molar-refractivity contribution in [3.05, 3.63) is 116 Å². The number of halogens is 23. The number of thiol groups is 1. The van der Waals surface area contributed by atoms with E-state index in [1.807, 2.05) is 0 Å². The van der Waals surface area contributed by atoms with Crippen LogP contribution in [0.2, 0.25) is 0 Å². The Bertz CT molecular complexity index is 2210. The van der Waals surface area contributed by atoms with Gasteiger partial charge in [-0.15, -0.1) is 21.9 Å². The van der Waals surface area contributed by atoms with Crippen molar-refractivity contribution in [3.8, 4) is 0 Å². The molecule has 0 bridgehead atoms. The van der Waals surface area contributed by atoms with Crippen LogP contribution in [0.1, 0.15) is 167 Å². The molecule has 4 aromatic rings. The molecule has 0 N–H and O–H groups in total. The van der Waals surface area contributed by atoms with Crippen LogP contribution in [0, 0.1) is 116 Å². The molecule has 0 saturated heterocycles. The van der Waals surface area contributed by atoms with Gasteiger partial charge >= 0.3 is 6.18 Å². The quantitative estimate of drug-likeness (QED) is 0.00901. The fraction of sp³-hybridized carbons (Fsp3) is 0.547. The lowest BCUT2D eigenvalue weighted by atomic mass is 9.12. The van der Waals surface area contributed by atoms with Gasteiger partial charge in [-0.05, 0) is 25.7 Å². The maximum absolute atomic E-state index is 15.4. The highest BCUT2D eigenvalue weighted by Gasteiger charge is 2.52. The zero-order valence-corrected chi connectivity index (χ0v) is 43.6. The highest BCUT2D eigenvalue weighted by atomic mass is 32.2. The van der Waals surface area contributed by atoms with Crippen molar-refractivity contribution in [1.82, 2.24) is 0 Å². The summed E-state index contributed by atoms with van der Waals surface area (Å²) in [7, 11) is 0. The lowest BCUT2D eigenvalue weighted by Crippen LogP contribution is -2.81. The predicted molar refractivity (Wildman–Crippen MR) is 256 cm³/mol. The van der Waals surface area contributed by atoms with Crippen LogP contribution in [-0.2, 0) is 16.2 Å². The summed E-state index contributed by atoms with van der Waals surface area (Å²) in [6.07, 6.45) is 18.1. The first-order valence-electron chi connectivity index (χ1n) is 25.8. The van der Waals surface area contributed by atoms with Crippen molar-refractivity contribution >= 4 is 40.0 Å². The van der Waals surface area contributed by atoms with E-state index in [0.29, 0.717) is 6.42 Å². The number of benzene rings is 4.